The van der Waals surface area contributed by atoms with E-state index in [4.69, 9.17) is 4.74 Å². The first-order chi connectivity index (χ1) is 18.5. The van der Waals surface area contributed by atoms with Crippen molar-refractivity contribution in [2.45, 2.75) is 31.0 Å². The van der Waals surface area contributed by atoms with Crippen molar-refractivity contribution in [2.24, 2.45) is 4.99 Å². The first kappa shape index (κ1) is 28.5. The van der Waals surface area contributed by atoms with Crippen molar-refractivity contribution >= 4 is 33.0 Å². The molecular weight excluding hydrogens is 512 g/mol. The molecule has 206 valence electrons. The Morgan fingerprint density at radius 3 is 1.74 bits per heavy atom. The van der Waals surface area contributed by atoms with E-state index in [0.29, 0.717) is 5.71 Å². The molecule has 9 heteroatoms. The predicted octanol–water partition coefficient (Wildman–Crippen LogP) is 4.29. The molecule has 2 atom stereocenters. The molecule has 0 unspecified atom stereocenters. The molecule has 0 aliphatic carbocycles. The van der Waals surface area contributed by atoms with Gasteiger partial charge >= 0.3 is 0 Å². The minimum atomic E-state index is -3.80. The van der Waals surface area contributed by atoms with Gasteiger partial charge in [0.25, 0.3) is 5.91 Å². The molecule has 0 aromatic heterocycles. The molecule has 0 N–H and O–H groups in total. The van der Waals surface area contributed by atoms with Crippen LogP contribution in [0.3, 0.4) is 0 Å². The van der Waals surface area contributed by atoms with Crippen molar-refractivity contribution in [3.8, 4) is 0 Å². The van der Waals surface area contributed by atoms with E-state index in [0.717, 1.165) is 22.5 Å². The van der Waals surface area contributed by atoms with E-state index in [9.17, 15) is 13.2 Å². The summed E-state index contributed by atoms with van der Waals surface area (Å²) < 4.78 is 33.9. The van der Waals surface area contributed by atoms with Crippen molar-refractivity contribution < 1.29 is 17.9 Å². The predicted molar refractivity (Wildman–Crippen MR) is 157 cm³/mol. The van der Waals surface area contributed by atoms with Gasteiger partial charge in [-0.15, -0.1) is 0 Å². The zero-order valence-electron chi connectivity index (χ0n) is 23.3. The van der Waals surface area contributed by atoms with Crippen molar-refractivity contribution in [2.75, 3.05) is 51.1 Å². The molecule has 1 amide bonds. The highest BCUT2D eigenvalue weighted by atomic mass is 32.2. The third-order valence-corrected chi connectivity index (χ3v) is 8.46. The fourth-order valence-electron chi connectivity index (χ4n) is 4.56. The Labute approximate surface area is 231 Å². The highest BCUT2D eigenvalue weighted by Crippen LogP contribution is 2.23. The molecule has 1 saturated heterocycles. The van der Waals surface area contributed by atoms with Crippen LogP contribution >= 0.6 is 0 Å². The third-order valence-electron chi connectivity index (χ3n) is 6.63. The van der Waals surface area contributed by atoms with Crippen molar-refractivity contribution in [3.05, 3.63) is 89.5 Å². The number of anilines is 2. The summed E-state index contributed by atoms with van der Waals surface area (Å²) in [6, 6.07) is 21.7. The first-order valence-electron chi connectivity index (χ1n) is 12.9. The zero-order chi connectivity index (χ0) is 28.3. The van der Waals surface area contributed by atoms with Crippen LogP contribution in [-0.2, 0) is 14.8 Å². The third kappa shape index (κ3) is 6.55. The standard InChI is InChI=1S/C30H36N4O4S/c1-21-19-34(20-22(2)38-21)39(36,37)28-9-7-8-25(18-28)30(35)31-29(23-10-14-26(15-11-23)32(3)4)24-12-16-27(17-13-24)33(5)6/h7-18,21-22H,19-20H2,1-6H3/t21-,22-/m0/s1. The van der Waals surface area contributed by atoms with E-state index in [1.54, 1.807) is 12.1 Å². The fraction of sp³-hybridized carbons (Fsp3) is 0.333. The molecule has 0 saturated carbocycles. The molecule has 0 radical (unpaired) electrons. The van der Waals surface area contributed by atoms with Gasteiger partial charge < -0.3 is 14.5 Å². The highest BCUT2D eigenvalue weighted by molar-refractivity contribution is 7.89. The van der Waals surface area contributed by atoms with E-state index in [1.165, 1.54) is 16.4 Å². The van der Waals surface area contributed by atoms with Gasteiger partial charge in [0, 0.05) is 69.3 Å². The topological polar surface area (TPSA) is 82.5 Å². The molecule has 0 bridgehead atoms. The summed E-state index contributed by atoms with van der Waals surface area (Å²) in [4.78, 5) is 22.1. The summed E-state index contributed by atoms with van der Waals surface area (Å²) in [7, 11) is 4.06. The number of carbonyl (C=O) groups excluding carboxylic acids is 1. The second-order valence-corrected chi connectivity index (χ2v) is 12.2. The van der Waals surface area contributed by atoms with Crippen LogP contribution in [0, 0.1) is 0 Å². The summed E-state index contributed by atoms with van der Waals surface area (Å²) in [5.74, 6) is -0.515. The average Bonchev–Trinajstić information content (AvgIpc) is 2.91. The van der Waals surface area contributed by atoms with E-state index in [2.05, 4.69) is 4.99 Å². The van der Waals surface area contributed by atoms with Crippen LogP contribution in [0.15, 0.2) is 82.7 Å². The second kappa shape index (κ2) is 11.7. The summed E-state index contributed by atoms with van der Waals surface area (Å²) in [6.07, 6.45) is -0.420. The van der Waals surface area contributed by atoms with Gasteiger partial charge in [-0.25, -0.2) is 13.4 Å². The van der Waals surface area contributed by atoms with E-state index >= 15 is 0 Å². The molecule has 1 heterocycles. The zero-order valence-corrected chi connectivity index (χ0v) is 24.1. The SMILES string of the molecule is C[C@H]1CN(S(=O)(=O)c2cccc(C(=O)N=C(c3ccc(N(C)C)cc3)c3ccc(N(C)C)cc3)c2)C[C@H](C)O1. The number of benzene rings is 3. The number of carbonyl (C=O) groups is 1. The molecule has 4 rings (SSSR count). The Morgan fingerprint density at radius 2 is 1.28 bits per heavy atom. The molecule has 1 aliphatic heterocycles. The number of hydrogen-bond acceptors (Lipinski definition) is 6. The fourth-order valence-corrected chi connectivity index (χ4v) is 6.20. The Hall–Kier alpha value is -3.53. The van der Waals surface area contributed by atoms with Crippen molar-refractivity contribution in [1.29, 1.82) is 0 Å². The smallest absolute Gasteiger partial charge is 0.277 e. The lowest BCUT2D eigenvalue weighted by atomic mass is 10.0. The molecule has 8 nitrogen and oxygen atoms in total. The summed E-state index contributed by atoms with van der Waals surface area (Å²) in [5, 5.41) is 0. The van der Waals surface area contributed by atoms with Crippen LogP contribution in [0.1, 0.15) is 35.3 Å². The molecule has 3 aromatic carbocycles. The first-order valence-corrected chi connectivity index (χ1v) is 14.3. The number of amides is 1. The second-order valence-electron chi connectivity index (χ2n) is 10.3. The Morgan fingerprint density at radius 1 is 0.795 bits per heavy atom. The number of ether oxygens (including phenoxy) is 1. The molecule has 1 fully saturated rings. The van der Waals surface area contributed by atoms with Gasteiger partial charge in [-0.3, -0.25) is 4.79 Å². The van der Waals surface area contributed by atoms with E-state index in [1.807, 2.05) is 100 Å². The minimum absolute atomic E-state index is 0.0667. The molecule has 39 heavy (non-hydrogen) atoms. The number of rotatable bonds is 7. The lowest BCUT2D eigenvalue weighted by molar-refractivity contribution is -0.0440. The number of hydrogen-bond donors (Lipinski definition) is 0. The maximum absolute atomic E-state index is 13.5. The Kier molecular flexibility index (Phi) is 8.54. The molecule has 3 aromatic rings. The molecule has 0 spiro atoms. The number of morpholine rings is 1. The number of nitrogens with zero attached hydrogens (tertiary/aromatic N) is 4. The normalized spacial score (nSPS) is 17.9. The monoisotopic (exact) mass is 548 g/mol. The summed E-state index contributed by atoms with van der Waals surface area (Å²) >= 11 is 0. The van der Waals surface area contributed by atoms with Gasteiger partial charge in [0.15, 0.2) is 0 Å². The molecular formula is C30H36N4O4S. The summed E-state index contributed by atoms with van der Waals surface area (Å²) in [6.45, 7) is 4.23. The van der Waals surface area contributed by atoms with Crippen LogP contribution in [-0.4, -0.2) is 77.8 Å². The van der Waals surface area contributed by atoms with Gasteiger partial charge in [-0.1, -0.05) is 30.3 Å². The van der Waals surface area contributed by atoms with Crippen LogP contribution in [0.5, 0.6) is 0 Å². The van der Waals surface area contributed by atoms with Gasteiger partial charge in [0.2, 0.25) is 10.0 Å². The van der Waals surface area contributed by atoms with E-state index < -0.39 is 15.9 Å². The average molecular weight is 549 g/mol. The van der Waals surface area contributed by atoms with Gasteiger partial charge in [0.1, 0.15) is 0 Å². The maximum atomic E-state index is 13.5. The van der Waals surface area contributed by atoms with Crippen molar-refractivity contribution in [3.63, 3.8) is 0 Å². The Bertz CT molecular complexity index is 1390. The van der Waals surface area contributed by atoms with Gasteiger partial charge in [-0.2, -0.15) is 4.31 Å². The van der Waals surface area contributed by atoms with Crippen molar-refractivity contribution in [1.82, 2.24) is 4.31 Å². The van der Waals surface area contributed by atoms with Gasteiger partial charge in [0.05, 0.1) is 22.8 Å². The van der Waals surface area contributed by atoms with Crippen LogP contribution < -0.4 is 9.80 Å². The number of sulfonamides is 1. The largest absolute Gasteiger partial charge is 0.378 e. The lowest BCUT2D eigenvalue weighted by Crippen LogP contribution is -2.48. The quantitative estimate of drug-likeness (QED) is 0.410. The van der Waals surface area contributed by atoms with Gasteiger partial charge in [-0.05, 0) is 56.3 Å². The number of aliphatic imine (C=N–C) groups is 1. The Balaban J connectivity index is 1.72. The van der Waals surface area contributed by atoms with E-state index in [-0.39, 0.29) is 35.8 Å². The maximum Gasteiger partial charge on any atom is 0.277 e. The highest BCUT2D eigenvalue weighted by Gasteiger charge is 2.32. The van der Waals surface area contributed by atoms with Crippen LogP contribution in [0.4, 0.5) is 11.4 Å². The molecule has 1 aliphatic rings. The minimum Gasteiger partial charge on any atom is -0.378 e. The van der Waals surface area contributed by atoms with Crippen LogP contribution in [0.25, 0.3) is 0 Å². The van der Waals surface area contributed by atoms with Crippen LogP contribution in [0.2, 0.25) is 0 Å². The lowest BCUT2D eigenvalue weighted by Gasteiger charge is -2.34. The summed E-state index contributed by atoms with van der Waals surface area (Å²) in [5.41, 5.74) is 4.34.